The van der Waals surface area contributed by atoms with E-state index in [1.54, 1.807) is 0 Å². The van der Waals surface area contributed by atoms with Crippen LogP contribution in [0.15, 0.2) is 24.3 Å². The van der Waals surface area contributed by atoms with Gasteiger partial charge in [0.2, 0.25) is 0 Å². The molecule has 1 aliphatic rings. The fourth-order valence-electron chi connectivity index (χ4n) is 4.10. The number of nitrogens with zero attached hydrogens (tertiary/aromatic N) is 1. The van der Waals surface area contributed by atoms with Gasteiger partial charge in [-0.1, -0.05) is 42.7 Å². The van der Waals surface area contributed by atoms with Crippen molar-refractivity contribution in [2.24, 2.45) is 11.7 Å². The second-order valence-electron chi connectivity index (χ2n) is 8.64. The smallest absolute Gasteiger partial charge is 0.451 e. The molecule has 0 amide bonds. The first-order chi connectivity index (χ1) is 14.2. The van der Waals surface area contributed by atoms with Crippen molar-refractivity contribution in [3.63, 3.8) is 0 Å². The van der Waals surface area contributed by atoms with Gasteiger partial charge in [-0.2, -0.15) is 0 Å². The Bertz CT molecular complexity index is 689. The van der Waals surface area contributed by atoms with Gasteiger partial charge in [0.1, 0.15) is 5.54 Å². The predicted molar refractivity (Wildman–Crippen MR) is 117 cm³/mol. The van der Waals surface area contributed by atoms with Crippen LogP contribution in [0, 0.1) is 12.8 Å². The fraction of sp³-hybridized carbons (Fsp3) is 0.636. The lowest BCUT2D eigenvalue weighted by Crippen LogP contribution is -2.48. The topological polar surface area (TPSA) is 124 Å². The molecule has 0 bridgehead atoms. The molecule has 2 rings (SSSR count). The number of nitrogens with two attached hydrogens (primary N) is 1. The van der Waals surface area contributed by atoms with E-state index in [0.29, 0.717) is 32.1 Å². The second kappa shape index (κ2) is 11.6. The number of carbonyl (C=O) groups is 2. The number of rotatable bonds is 12. The third kappa shape index (κ3) is 7.50. The molecule has 0 aliphatic carbocycles. The molecule has 1 aliphatic heterocycles. The van der Waals surface area contributed by atoms with Gasteiger partial charge in [-0.25, -0.2) is 0 Å². The average Bonchev–Trinajstić information content (AvgIpc) is 2.71. The number of likely N-dealkylation sites (tertiary alicyclic amines) is 1. The summed E-state index contributed by atoms with van der Waals surface area (Å²) in [5.41, 5.74) is 6.77. The number of unbranched alkanes of at least 4 members (excludes halogenated alkanes) is 1. The van der Waals surface area contributed by atoms with Crippen LogP contribution in [-0.2, 0) is 4.79 Å². The van der Waals surface area contributed by atoms with Gasteiger partial charge in [-0.3, -0.25) is 9.59 Å². The van der Waals surface area contributed by atoms with Crippen molar-refractivity contribution < 1.29 is 24.7 Å². The zero-order valence-corrected chi connectivity index (χ0v) is 17.9. The van der Waals surface area contributed by atoms with Crippen LogP contribution >= 0.6 is 0 Å². The number of Topliss-reactive ketones (excluding diaryl/α,β-unsaturated/α-hetero) is 1. The summed E-state index contributed by atoms with van der Waals surface area (Å²) in [7, 11) is -1.36. The van der Waals surface area contributed by atoms with Crippen molar-refractivity contribution in [3.05, 3.63) is 35.4 Å². The number of carbonyl (C=O) groups excluding carboxylic acids is 1. The second-order valence-corrected chi connectivity index (χ2v) is 8.64. The Morgan fingerprint density at radius 2 is 1.70 bits per heavy atom. The van der Waals surface area contributed by atoms with Gasteiger partial charge in [0.15, 0.2) is 5.78 Å². The lowest BCUT2D eigenvalue weighted by molar-refractivity contribution is -0.144. The normalized spacial score (nSPS) is 17.5. The average molecular weight is 418 g/mol. The molecule has 0 radical (unpaired) electrons. The number of piperidine rings is 1. The highest BCUT2D eigenvalue weighted by Crippen LogP contribution is 2.24. The van der Waals surface area contributed by atoms with Gasteiger partial charge in [0.05, 0.1) is 0 Å². The highest BCUT2D eigenvalue weighted by Gasteiger charge is 2.33. The van der Waals surface area contributed by atoms with Gasteiger partial charge in [0.25, 0.3) is 0 Å². The highest BCUT2D eigenvalue weighted by atomic mass is 16.4. The third-order valence-electron chi connectivity index (χ3n) is 6.15. The van der Waals surface area contributed by atoms with E-state index in [0.717, 1.165) is 43.6 Å². The Morgan fingerprint density at radius 1 is 1.10 bits per heavy atom. The van der Waals surface area contributed by atoms with Crippen LogP contribution in [0.1, 0.15) is 60.9 Å². The monoisotopic (exact) mass is 418 g/mol. The molecule has 1 aromatic rings. The molecular weight excluding hydrogens is 383 g/mol. The molecule has 1 atom stereocenters. The number of hydrogen-bond donors (Lipinski definition) is 4. The number of hydrogen-bond acceptors (Lipinski definition) is 6. The van der Waals surface area contributed by atoms with Gasteiger partial charge < -0.3 is 25.8 Å². The first-order valence-electron chi connectivity index (χ1n) is 10.9. The molecule has 1 fully saturated rings. The Balaban J connectivity index is 1.73. The van der Waals surface area contributed by atoms with E-state index in [1.807, 2.05) is 31.2 Å². The molecule has 1 heterocycles. The minimum atomic E-state index is -1.36. The minimum Gasteiger partial charge on any atom is -0.480 e. The molecule has 1 aromatic carbocycles. The van der Waals surface area contributed by atoms with Gasteiger partial charge in [-0.15, -0.1) is 0 Å². The van der Waals surface area contributed by atoms with Crippen molar-refractivity contribution >= 4 is 18.9 Å². The first-order valence-corrected chi connectivity index (χ1v) is 10.9. The summed E-state index contributed by atoms with van der Waals surface area (Å²) < 4.78 is 0. The van der Waals surface area contributed by atoms with Crippen molar-refractivity contribution in [2.45, 2.75) is 63.7 Å². The summed E-state index contributed by atoms with van der Waals surface area (Å²) >= 11 is 0. The van der Waals surface area contributed by atoms with Gasteiger partial charge in [0, 0.05) is 11.5 Å². The van der Waals surface area contributed by atoms with Crippen LogP contribution < -0.4 is 5.73 Å². The summed E-state index contributed by atoms with van der Waals surface area (Å²) in [5, 5.41) is 27.3. The number of benzene rings is 1. The molecule has 1 saturated heterocycles. The van der Waals surface area contributed by atoms with E-state index >= 15 is 0 Å². The molecule has 1 unspecified atom stereocenters. The van der Waals surface area contributed by atoms with Crippen LogP contribution in [0.4, 0.5) is 0 Å². The van der Waals surface area contributed by atoms with Crippen LogP contribution in [0.25, 0.3) is 0 Å². The Hall–Kier alpha value is -1.74. The SMILES string of the molecule is Cc1ccc(C(=O)C2CCN(CCCC(N)(CCCCB(O)O)C(=O)O)CC2)cc1. The maximum atomic E-state index is 12.7. The summed E-state index contributed by atoms with van der Waals surface area (Å²) in [6.07, 6.45) is 4.34. The van der Waals surface area contributed by atoms with Crippen LogP contribution in [0.3, 0.4) is 0 Å². The van der Waals surface area contributed by atoms with Crippen LogP contribution in [0.5, 0.6) is 0 Å². The van der Waals surface area contributed by atoms with E-state index in [9.17, 15) is 14.7 Å². The van der Waals surface area contributed by atoms with Crippen LogP contribution in [0.2, 0.25) is 6.32 Å². The predicted octanol–water partition coefficient (Wildman–Crippen LogP) is 2.10. The molecule has 7 nitrogen and oxygen atoms in total. The lowest BCUT2D eigenvalue weighted by Gasteiger charge is -2.32. The molecule has 0 spiro atoms. The highest BCUT2D eigenvalue weighted by molar-refractivity contribution is 6.40. The molecule has 30 heavy (non-hydrogen) atoms. The maximum absolute atomic E-state index is 12.7. The molecule has 8 heteroatoms. The van der Waals surface area contributed by atoms with E-state index < -0.39 is 18.6 Å². The Morgan fingerprint density at radius 3 is 2.27 bits per heavy atom. The van der Waals surface area contributed by atoms with E-state index in [2.05, 4.69) is 4.90 Å². The minimum absolute atomic E-state index is 0.0541. The summed E-state index contributed by atoms with van der Waals surface area (Å²) in [5.74, 6) is -0.734. The lowest BCUT2D eigenvalue weighted by atomic mass is 9.81. The van der Waals surface area contributed by atoms with Crippen molar-refractivity contribution in [1.29, 1.82) is 0 Å². The molecule has 166 valence electrons. The maximum Gasteiger partial charge on any atom is 0.451 e. The van der Waals surface area contributed by atoms with Crippen molar-refractivity contribution in [1.82, 2.24) is 4.90 Å². The molecule has 0 saturated carbocycles. The number of carboxylic acid groups (broad SMARTS) is 1. The summed E-state index contributed by atoms with van der Waals surface area (Å²) in [6.45, 7) is 4.45. The standard InChI is InChI=1S/C22H35BN2O5/c1-17-5-7-18(8-6-17)20(26)19-9-15-25(16-10-19)14-4-12-22(24,21(27)28)11-2-3-13-23(29)30/h5-8,19,29-30H,2-4,9-16,24H2,1H3,(H,27,28). The number of carboxylic acids is 1. The molecular formula is C22H35BN2O5. The number of ketones is 1. The van der Waals surface area contributed by atoms with Crippen molar-refractivity contribution in [3.8, 4) is 0 Å². The van der Waals surface area contributed by atoms with Crippen molar-refractivity contribution in [2.75, 3.05) is 19.6 Å². The zero-order valence-electron chi connectivity index (χ0n) is 17.9. The molecule has 0 aromatic heterocycles. The van der Waals surface area contributed by atoms with Crippen LogP contribution in [-0.4, -0.2) is 64.1 Å². The summed E-state index contributed by atoms with van der Waals surface area (Å²) in [6, 6.07) is 7.74. The molecule has 5 N–H and O–H groups in total. The third-order valence-corrected chi connectivity index (χ3v) is 6.15. The fourth-order valence-corrected chi connectivity index (χ4v) is 4.10. The quantitative estimate of drug-likeness (QED) is 0.233. The Labute approximate surface area is 179 Å². The largest absolute Gasteiger partial charge is 0.480 e. The first kappa shape index (κ1) is 24.5. The van der Waals surface area contributed by atoms with Gasteiger partial charge >= 0.3 is 13.1 Å². The van der Waals surface area contributed by atoms with E-state index in [4.69, 9.17) is 15.8 Å². The zero-order chi connectivity index (χ0) is 22.1. The summed E-state index contributed by atoms with van der Waals surface area (Å²) in [4.78, 5) is 26.6. The Kier molecular flexibility index (Phi) is 9.49. The number of aliphatic carboxylic acids is 1. The van der Waals surface area contributed by atoms with Gasteiger partial charge in [-0.05, 0) is 65.0 Å². The van der Waals surface area contributed by atoms with E-state index in [-0.39, 0.29) is 18.0 Å². The van der Waals surface area contributed by atoms with E-state index in [1.165, 1.54) is 0 Å². The number of aryl methyl sites for hydroxylation is 1.